The van der Waals surface area contributed by atoms with E-state index in [4.69, 9.17) is 4.74 Å². The van der Waals surface area contributed by atoms with Crippen molar-refractivity contribution in [3.05, 3.63) is 30.1 Å². The van der Waals surface area contributed by atoms with Gasteiger partial charge in [-0.1, -0.05) is 0 Å². The van der Waals surface area contributed by atoms with E-state index in [1.807, 2.05) is 13.8 Å². The second-order valence-corrected chi connectivity index (χ2v) is 6.30. The Labute approximate surface area is 147 Å². The first-order chi connectivity index (χ1) is 12.0. The Morgan fingerprint density at radius 2 is 2.08 bits per heavy atom. The first kappa shape index (κ1) is 19.0. The highest BCUT2D eigenvalue weighted by atomic mass is 19.1. The van der Waals surface area contributed by atoms with Gasteiger partial charge in [0.15, 0.2) is 0 Å². The largest absolute Gasteiger partial charge is 0.491 e. The maximum absolute atomic E-state index is 12.9. The van der Waals surface area contributed by atoms with Gasteiger partial charge >= 0.3 is 6.03 Å². The highest BCUT2D eigenvalue weighted by Gasteiger charge is 2.28. The summed E-state index contributed by atoms with van der Waals surface area (Å²) in [5.41, 5.74) is 0. The summed E-state index contributed by atoms with van der Waals surface area (Å²) in [7, 11) is 0. The molecule has 0 spiro atoms. The Morgan fingerprint density at radius 1 is 1.36 bits per heavy atom. The summed E-state index contributed by atoms with van der Waals surface area (Å²) < 4.78 is 18.4. The Hall–Kier alpha value is -2.31. The van der Waals surface area contributed by atoms with E-state index in [2.05, 4.69) is 10.6 Å². The van der Waals surface area contributed by atoms with Crippen LogP contribution in [0.25, 0.3) is 0 Å². The fourth-order valence-corrected chi connectivity index (χ4v) is 2.79. The third-order valence-corrected chi connectivity index (χ3v) is 4.11. The normalized spacial score (nSPS) is 18.4. The number of hydrogen-bond acceptors (Lipinski definition) is 3. The maximum Gasteiger partial charge on any atom is 0.317 e. The summed E-state index contributed by atoms with van der Waals surface area (Å²) >= 11 is 0. The first-order valence-electron chi connectivity index (χ1n) is 8.71. The number of benzene rings is 1. The number of ether oxygens (including phenoxy) is 1. The van der Waals surface area contributed by atoms with Crippen LogP contribution >= 0.6 is 0 Å². The molecule has 0 aliphatic carbocycles. The van der Waals surface area contributed by atoms with Gasteiger partial charge in [0.05, 0.1) is 12.0 Å². The number of carbonyl (C=O) groups is 2. The summed E-state index contributed by atoms with van der Waals surface area (Å²) in [4.78, 5) is 26.0. The fourth-order valence-electron chi connectivity index (χ4n) is 2.79. The molecule has 0 aromatic heterocycles. The molecule has 0 bridgehead atoms. The molecule has 1 heterocycles. The topological polar surface area (TPSA) is 70.7 Å². The maximum atomic E-state index is 12.9. The van der Waals surface area contributed by atoms with Crippen molar-refractivity contribution in [2.75, 3.05) is 26.2 Å². The van der Waals surface area contributed by atoms with Gasteiger partial charge in [-0.05, 0) is 51.0 Å². The molecule has 1 aliphatic rings. The number of urea groups is 1. The Kier molecular flexibility index (Phi) is 7.03. The van der Waals surface area contributed by atoms with Crippen molar-refractivity contribution >= 4 is 11.9 Å². The molecule has 2 N–H and O–H groups in total. The number of piperidine rings is 1. The van der Waals surface area contributed by atoms with Crippen LogP contribution in [0.15, 0.2) is 24.3 Å². The lowest BCUT2D eigenvalue weighted by molar-refractivity contribution is -0.126. The van der Waals surface area contributed by atoms with Crippen molar-refractivity contribution in [2.45, 2.75) is 32.7 Å². The van der Waals surface area contributed by atoms with Gasteiger partial charge in [-0.2, -0.15) is 0 Å². The van der Waals surface area contributed by atoms with Crippen LogP contribution in [0.5, 0.6) is 5.75 Å². The average Bonchev–Trinajstić information content (AvgIpc) is 2.61. The molecule has 1 aromatic rings. The van der Waals surface area contributed by atoms with Gasteiger partial charge in [-0.3, -0.25) is 4.79 Å². The molecule has 6 nitrogen and oxygen atoms in total. The zero-order chi connectivity index (χ0) is 18.2. The van der Waals surface area contributed by atoms with Crippen LogP contribution in [-0.2, 0) is 4.79 Å². The average molecular weight is 351 g/mol. The van der Waals surface area contributed by atoms with Crippen molar-refractivity contribution in [1.82, 2.24) is 15.5 Å². The smallest absolute Gasteiger partial charge is 0.317 e. The molecular formula is C18H26FN3O3. The van der Waals surface area contributed by atoms with E-state index in [1.54, 1.807) is 17.0 Å². The number of amides is 3. The van der Waals surface area contributed by atoms with E-state index in [0.29, 0.717) is 25.4 Å². The Morgan fingerprint density at radius 3 is 2.76 bits per heavy atom. The molecule has 0 saturated carbocycles. The van der Waals surface area contributed by atoms with E-state index in [9.17, 15) is 14.0 Å². The molecule has 0 radical (unpaired) electrons. The number of rotatable bonds is 6. The Bertz CT molecular complexity index is 579. The third-order valence-electron chi connectivity index (χ3n) is 4.11. The minimum absolute atomic E-state index is 0.00712. The number of carbonyl (C=O) groups excluding carboxylic acids is 2. The summed E-state index contributed by atoms with van der Waals surface area (Å²) in [6.07, 6.45) is 1.62. The summed E-state index contributed by atoms with van der Waals surface area (Å²) in [6, 6.07) is 5.35. The van der Waals surface area contributed by atoms with Gasteiger partial charge in [-0.25, -0.2) is 9.18 Å². The van der Waals surface area contributed by atoms with E-state index >= 15 is 0 Å². The minimum atomic E-state index is -0.319. The first-order valence-corrected chi connectivity index (χ1v) is 8.71. The van der Waals surface area contributed by atoms with Crippen LogP contribution < -0.4 is 15.4 Å². The predicted molar refractivity (Wildman–Crippen MR) is 92.9 cm³/mol. The third kappa shape index (κ3) is 5.92. The molecule has 2 atom stereocenters. The van der Waals surface area contributed by atoms with Crippen molar-refractivity contribution in [3.63, 3.8) is 0 Å². The van der Waals surface area contributed by atoms with Crippen molar-refractivity contribution in [1.29, 1.82) is 0 Å². The van der Waals surface area contributed by atoms with Crippen LogP contribution in [-0.4, -0.2) is 49.1 Å². The number of halogens is 1. The zero-order valence-corrected chi connectivity index (χ0v) is 14.8. The van der Waals surface area contributed by atoms with Gasteiger partial charge in [0, 0.05) is 19.6 Å². The summed E-state index contributed by atoms with van der Waals surface area (Å²) in [5.74, 6) is 0.0927. The van der Waals surface area contributed by atoms with Crippen LogP contribution in [0.4, 0.5) is 9.18 Å². The molecule has 1 aromatic carbocycles. The van der Waals surface area contributed by atoms with E-state index < -0.39 is 0 Å². The fraction of sp³-hybridized carbons (Fsp3) is 0.556. The summed E-state index contributed by atoms with van der Waals surface area (Å²) in [6.45, 7) is 5.68. The number of nitrogens with one attached hydrogen (secondary N) is 2. The molecule has 0 unspecified atom stereocenters. The number of hydrogen-bond donors (Lipinski definition) is 2. The van der Waals surface area contributed by atoms with Gasteiger partial charge in [-0.15, -0.1) is 0 Å². The van der Waals surface area contributed by atoms with Crippen LogP contribution in [0.3, 0.4) is 0 Å². The van der Waals surface area contributed by atoms with Gasteiger partial charge in [0.25, 0.3) is 0 Å². The monoisotopic (exact) mass is 351 g/mol. The molecule has 138 valence electrons. The molecular weight excluding hydrogens is 325 g/mol. The van der Waals surface area contributed by atoms with Gasteiger partial charge in [0.2, 0.25) is 5.91 Å². The molecule has 2 rings (SSSR count). The second kappa shape index (κ2) is 9.25. The Balaban J connectivity index is 1.77. The van der Waals surface area contributed by atoms with Crippen molar-refractivity contribution in [2.24, 2.45) is 5.92 Å². The molecule has 1 fully saturated rings. The van der Waals surface area contributed by atoms with Gasteiger partial charge in [0.1, 0.15) is 18.2 Å². The molecule has 3 amide bonds. The lowest BCUT2D eigenvalue weighted by Gasteiger charge is -2.32. The summed E-state index contributed by atoms with van der Waals surface area (Å²) in [5, 5.41) is 5.69. The lowest BCUT2D eigenvalue weighted by Crippen LogP contribution is -2.51. The van der Waals surface area contributed by atoms with E-state index in [-0.39, 0.29) is 36.3 Å². The molecule has 1 saturated heterocycles. The molecule has 7 heteroatoms. The van der Waals surface area contributed by atoms with Gasteiger partial charge < -0.3 is 20.3 Å². The molecule has 25 heavy (non-hydrogen) atoms. The standard InChI is InChI=1S/C18H26FN3O3/c1-3-20-17(23)14-5-4-10-22(11-14)18(24)21-13(2)12-25-16-8-6-15(19)7-9-16/h6-9,13-14H,3-5,10-12H2,1-2H3,(H,20,23)(H,21,24)/t13-,14-/m0/s1. The predicted octanol–water partition coefficient (Wildman–Crippen LogP) is 2.15. The molecule has 1 aliphatic heterocycles. The quantitative estimate of drug-likeness (QED) is 0.825. The van der Waals surface area contributed by atoms with Crippen LogP contribution in [0.1, 0.15) is 26.7 Å². The van der Waals surface area contributed by atoms with Crippen LogP contribution in [0.2, 0.25) is 0 Å². The number of likely N-dealkylation sites (tertiary alicyclic amines) is 1. The van der Waals surface area contributed by atoms with E-state index in [0.717, 1.165) is 12.8 Å². The highest BCUT2D eigenvalue weighted by molar-refractivity contribution is 5.80. The van der Waals surface area contributed by atoms with Crippen LogP contribution in [0, 0.1) is 11.7 Å². The zero-order valence-electron chi connectivity index (χ0n) is 14.8. The van der Waals surface area contributed by atoms with E-state index in [1.165, 1.54) is 12.1 Å². The lowest BCUT2D eigenvalue weighted by atomic mass is 9.97. The number of nitrogens with zero attached hydrogens (tertiary/aromatic N) is 1. The second-order valence-electron chi connectivity index (χ2n) is 6.30. The minimum Gasteiger partial charge on any atom is -0.491 e. The van der Waals surface area contributed by atoms with Crippen molar-refractivity contribution < 1.29 is 18.7 Å². The SMILES string of the molecule is CCNC(=O)[C@H]1CCCN(C(=O)N[C@@H](C)COc2ccc(F)cc2)C1. The highest BCUT2D eigenvalue weighted by Crippen LogP contribution is 2.17. The van der Waals surface area contributed by atoms with Crippen molar-refractivity contribution in [3.8, 4) is 5.75 Å².